The molecule has 2 aromatic carbocycles. The van der Waals surface area contributed by atoms with Crippen LogP contribution in [0.1, 0.15) is 20.3 Å². The molecule has 2 aromatic rings. The van der Waals surface area contributed by atoms with Crippen molar-refractivity contribution < 1.29 is 18.4 Å². The highest BCUT2D eigenvalue weighted by Gasteiger charge is 2.29. The van der Waals surface area contributed by atoms with E-state index in [2.05, 4.69) is 4.72 Å². The van der Waals surface area contributed by atoms with Gasteiger partial charge in [-0.05, 0) is 41.3 Å². The van der Waals surface area contributed by atoms with Gasteiger partial charge in [0.05, 0.1) is 4.90 Å². The van der Waals surface area contributed by atoms with Crippen LogP contribution in [0.4, 0.5) is 0 Å². The molecular formula is C18H21ClN2O4S. The van der Waals surface area contributed by atoms with Crippen LogP contribution in [0.3, 0.4) is 0 Å². The lowest BCUT2D eigenvalue weighted by molar-refractivity contribution is -0.132. The summed E-state index contributed by atoms with van der Waals surface area (Å²) in [5.41, 5.74) is 3.26. The predicted octanol–water partition coefficient (Wildman–Crippen LogP) is 3.21. The molecule has 2 rings (SSSR count). The first-order valence-electron chi connectivity index (χ1n) is 8.10. The van der Waals surface area contributed by atoms with Crippen molar-refractivity contribution in [2.75, 3.05) is 0 Å². The Morgan fingerprint density at radius 3 is 2.04 bits per heavy atom. The molecule has 0 fully saturated rings. The summed E-state index contributed by atoms with van der Waals surface area (Å²) in [6.45, 7) is 3.56. The molecule has 2 atom stereocenters. The topological polar surface area (TPSA) is 95.5 Å². The fourth-order valence-corrected chi connectivity index (χ4v) is 3.87. The standard InChI is InChI=1S/C18H21ClN2O4S/c1-3-12(2)17(18(22)20-23)21-26(24,25)16-10-6-14(7-11-16)13-4-8-15(19)9-5-13/h4-12,17,21,23H,3H2,1-2H3,(H,20,22)/t12-,17-/m1/s1. The van der Waals surface area contributed by atoms with Crippen LogP contribution in [0.15, 0.2) is 53.4 Å². The van der Waals surface area contributed by atoms with E-state index in [-0.39, 0.29) is 10.8 Å². The average Bonchev–Trinajstić information content (AvgIpc) is 2.65. The zero-order valence-corrected chi connectivity index (χ0v) is 16.0. The Hall–Kier alpha value is -1.93. The molecule has 0 radical (unpaired) electrons. The monoisotopic (exact) mass is 396 g/mol. The smallest absolute Gasteiger partial charge is 0.261 e. The van der Waals surface area contributed by atoms with Crippen LogP contribution in [-0.2, 0) is 14.8 Å². The number of carbonyl (C=O) groups is 1. The number of hydroxylamine groups is 1. The number of halogens is 1. The number of hydrogen-bond acceptors (Lipinski definition) is 4. The van der Waals surface area contributed by atoms with Gasteiger partial charge in [0.25, 0.3) is 5.91 Å². The van der Waals surface area contributed by atoms with Crippen molar-refractivity contribution in [3.8, 4) is 11.1 Å². The molecule has 0 aliphatic rings. The molecular weight excluding hydrogens is 376 g/mol. The molecule has 26 heavy (non-hydrogen) atoms. The minimum absolute atomic E-state index is 0.0363. The van der Waals surface area contributed by atoms with Crippen LogP contribution >= 0.6 is 11.6 Å². The van der Waals surface area contributed by atoms with E-state index in [1.807, 2.05) is 19.1 Å². The molecule has 0 aliphatic carbocycles. The SMILES string of the molecule is CC[C@@H](C)[C@@H](NS(=O)(=O)c1ccc(-c2ccc(Cl)cc2)cc1)C(=O)NO. The largest absolute Gasteiger partial charge is 0.289 e. The second-order valence-electron chi connectivity index (χ2n) is 5.99. The molecule has 0 aromatic heterocycles. The van der Waals surface area contributed by atoms with Crippen molar-refractivity contribution in [2.45, 2.75) is 31.2 Å². The van der Waals surface area contributed by atoms with Crippen molar-refractivity contribution in [3.05, 3.63) is 53.6 Å². The Morgan fingerprint density at radius 2 is 1.58 bits per heavy atom. The quantitative estimate of drug-likeness (QED) is 0.494. The number of hydrogen-bond donors (Lipinski definition) is 3. The number of rotatable bonds is 7. The molecule has 0 spiro atoms. The summed E-state index contributed by atoms with van der Waals surface area (Å²) in [6.07, 6.45) is 0.566. The van der Waals surface area contributed by atoms with E-state index in [4.69, 9.17) is 16.8 Å². The molecule has 0 saturated heterocycles. The molecule has 6 nitrogen and oxygen atoms in total. The highest BCUT2D eigenvalue weighted by Crippen LogP contribution is 2.23. The van der Waals surface area contributed by atoms with Crippen LogP contribution in [-0.4, -0.2) is 25.6 Å². The lowest BCUT2D eigenvalue weighted by atomic mass is 10.00. The summed E-state index contributed by atoms with van der Waals surface area (Å²) < 4.78 is 27.5. The summed E-state index contributed by atoms with van der Waals surface area (Å²) in [5, 5.41) is 9.48. The summed E-state index contributed by atoms with van der Waals surface area (Å²) in [6, 6.07) is 12.4. The Morgan fingerprint density at radius 1 is 1.08 bits per heavy atom. The van der Waals surface area contributed by atoms with E-state index >= 15 is 0 Å². The first-order chi connectivity index (χ1) is 12.3. The Kier molecular flexibility index (Phi) is 6.77. The third-order valence-electron chi connectivity index (χ3n) is 4.23. The van der Waals surface area contributed by atoms with Crippen molar-refractivity contribution in [1.29, 1.82) is 0 Å². The third-order valence-corrected chi connectivity index (χ3v) is 5.94. The molecule has 0 heterocycles. The highest BCUT2D eigenvalue weighted by atomic mass is 35.5. The third kappa shape index (κ3) is 4.82. The van der Waals surface area contributed by atoms with Gasteiger partial charge in [-0.1, -0.05) is 56.1 Å². The molecule has 8 heteroatoms. The summed E-state index contributed by atoms with van der Waals surface area (Å²) in [7, 11) is -3.92. The average molecular weight is 397 g/mol. The van der Waals surface area contributed by atoms with Gasteiger partial charge in [0.2, 0.25) is 10.0 Å². The molecule has 0 bridgehead atoms. The van der Waals surface area contributed by atoms with Gasteiger partial charge >= 0.3 is 0 Å². The van der Waals surface area contributed by atoms with E-state index in [0.717, 1.165) is 11.1 Å². The summed E-state index contributed by atoms with van der Waals surface area (Å²) in [4.78, 5) is 11.8. The molecule has 3 N–H and O–H groups in total. The molecule has 0 aliphatic heterocycles. The van der Waals surface area contributed by atoms with Gasteiger partial charge < -0.3 is 0 Å². The van der Waals surface area contributed by atoms with E-state index in [0.29, 0.717) is 11.4 Å². The fourth-order valence-electron chi connectivity index (χ4n) is 2.44. The Labute approximate surface area is 158 Å². The second kappa shape index (κ2) is 8.64. The van der Waals surface area contributed by atoms with Gasteiger partial charge in [0.1, 0.15) is 6.04 Å². The normalized spacial score (nSPS) is 13.8. The van der Waals surface area contributed by atoms with Gasteiger partial charge in [0.15, 0.2) is 0 Å². The molecule has 140 valence electrons. The minimum atomic E-state index is -3.92. The number of carbonyl (C=O) groups excluding carboxylic acids is 1. The van der Waals surface area contributed by atoms with Crippen LogP contribution < -0.4 is 10.2 Å². The zero-order valence-electron chi connectivity index (χ0n) is 14.4. The van der Waals surface area contributed by atoms with Crippen molar-refractivity contribution in [1.82, 2.24) is 10.2 Å². The lowest BCUT2D eigenvalue weighted by Gasteiger charge is -2.22. The predicted molar refractivity (Wildman–Crippen MR) is 100 cm³/mol. The zero-order chi connectivity index (χ0) is 19.3. The maximum atomic E-state index is 12.6. The van der Waals surface area contributed by atoms with Crippen molar-refractivity contribution in [2.24, 2.45) is 5.92 Å². The fraction of sp³-hybridized carbons (Fsp3) is 0.278. The van der Waals surface area contributed by atoms with Crippen molar-refractivity contribution in [3.63, 3.8) is 0 Å². The van der Waals surface area contributed by atoms with Gasteiger partial charge in [-0.25, -0.2) is 13.9 Å². The number of benzene rings is 2. The maximum Gasteiger partial charge on any atom is 0.261 e. The van der Waals surface area contributed by atoms with Gasteiger partial charge in [-0.3, -0.25) is 10.0 Å². The number of amides is 1. The lowest BCUT2D eigenvalue weighted by Crippen LogP contribution is -2.49. The Balaban J connectivity index is 2.25. The Bertz CT molecular complexity index is 852. The van der Waals surface area contributed by atoms with Gasteiger partial charge in [0, 0.05) is 5.02 Å². The van der Waals surface area contributed by atoms with E-state index in [9.17, 15) is 13.2 Å². The summed E-state index contributed by atoms with van der Waals surface area (Å²) in [5.74, 6) is -1.08. The summed E-state index contributed by atoms with van der Waals surface area (Å²) >= 11 is 5.87. The molecule has 0 unspecified atom stereocenters. The first kappa shape index (κ1) is 20.4. The van der Waals surface area contributed by atoms with Crippen LogP contribution in [0, 0.1) is 5.92 Å². The van der Waals surface area contributed by atoms with Gasteiger partial charge in [-0.2, -0.15) is 4.72 Å². The van der Waals surface area contributed by atoms with Gasteiger partial charge in [-0.15, -0.1) is 0 Å². The van der Waals surface area contributed by atoms with E-state index < -0.39 is 22.0 Å². The van der Waals surface area contributed by atoms with Crippen LogP contribution in [0.5, 0.6) is 0 Å². The van der Waals surface area contributed by atoms with Crippen LogP contribution in [0.25, 0.3) is 11.1 Å². The minimum Gasteiger partial charge on any atom is -0.289 e. The van der Waals surface area contributed by atoms with E-state index in [1.54, 1.807) is 31.2 Å². The van der Waals surface area contributed by atoms with Crippen LogP contribution in [0.2, 0.25) is 5.02 Å². The second-order valence-corrected chi connectivity index (χ2v) is 8.14. The van der Waals surface area contributed by atoms with Crippen molar-refractivity contribution >= 4 is 27.5 Å². The maximum absolute atomic E-state index is 12.6. The number of nitrogens with one attached hydrogen (secondary N) is 2. The number of sulfonamides is 1. The molecule has 1 amide bonds. The van der Waals surface area contributed by atoms with E-state index in [1.165, 1.54) is 17.6 Å². The first-order valence-corrected chi connectivity index (χ1v) is 9.97. The molecule has 0 saturated carbocycles. The highest BCUT2D eigenvalue weighted by molar-refractivity contribution is 7.89.